The van der Waals surface area contributed by atoms with Crippen molar-refractivity contribution in [2.75, 3.05) is 6.61 Å². The molecule has 0 aromatic rings. The Hall–Kier alpha value is -0.380. The summed E-state index contributed by atoms with van der Waals surface area (Å²) in [6.45, 7) is 0.592. The predicted octanol–water partition coefficient (Wildman–Crippen LogP) is -2.82. The highest BCUT2D eigenvalue weighted by atomic mass is 32.1. The van der Waals surface area contributed by atoms with Crippen LogP contribution in [0.15, 0.2) is 0 Å². The van der Waals surface area contributed by atoms with Crippen LogP contribution < -0.4 is 5.32 Å². The number of hydrogen-bond acceptors (Lipinski definition) is 7. The molecule has 16 heavy (non-hydrogen) atoms. The summed E-state index contributed by atoms with van der Waals surface area (Å²) >= 11 is 3.74. The van der Waals surface area contributed by atoms with Crippen LogP contribution in [0.25, 0.3) is 0 Å². The fourth-order valence-corrected chi connectivity index (χ4v) is 1.90. The number of ether oxygens (including phenoxy) is 1. The van der Waals surface area contributed by atoms with Crippen LogP contribution in [0.2, 0.25) is 0 Å². The van der Waals surface area contributed by atoms with Crippen molar-refractivity contribution >= 4 is 18.5 Å². The third kappa shape index (κ3) is 2.65. The molecule has 0 aliphatic carbocycles. The molecule has 0 aromatic heterocycles. The lowest BCUT2D eigenvalue weighted by Gasteiger charge is -2.45. The summed E-state index contributed by atoms with van der Waals surface area (Å²) in [7, 11) is 0. The van der Waals surface area contributed by atoms with Gasteiger partial charge in [-0.2, -0.15) is 0 Å². The van der Waals surface area contributed by atoms with Crippen LogP contribution in [0.3, 0.4) is 0 Å². The molecular weight excluding hydrogens is 238 g/mol. The van der Waals surface area contributed by atoms with Gasteiger partial charge in [0.15, 0.2) is 0 Å². The summed E-state index contributed by atoms with van der Waals surface area (Å²) in [5.74, 6) is -0.519. The van der Waals surface area contributed by atoms with Crippen LogP contribution in [0.5, 0.6) is 0 Å². The van der Waals surface area contributed by atoms with Crippen molar-refractivity contribution in [2.45, 2.75) is 36.4 Å². The second-order valence-corrected chi connectivity index (χ2v) is 4.30. The fourth-order valence-electron chi connectivity index (χ4n) is 1.55. The normalized spacial score (nSPS) is 44.1. The quantitative estimate of drug-likeness (QED) is 0.233. The summed E-state index contributed by atoms with van der Waals surface area (Å²) in [5, 5.41) is 37.8. The molecule has 0 saturated carbocycles. The van der Waals surface area contributed by atoms with Gasteiger partial charge in [-0.05, 0) is 0 Å². The summed E-state index contributed by atoms with van der Waals surface area (Å²) in [6, 6.07) is -1.29. The van der Waals surface area contributed by atoms with Gasteiger partial charge in [0.05, 0.1) is 6.61 Å². The van der Waals surface area contributed by atoms with Crippen molar-refractivity contribution in [1.29, 1.82) is 0 Å². The van der Waals surface area contributed by atoms with E-state index in [2.05, 4.69) is 17.9 Å². The van der Waals surface area contributed by atoms with Gasteiger partial charge in [0, 0.05) is 6.92 Å². The zero-order chi connectivity index (χ0) is 12.5. The van der Waals surface area contributed by atoms with Crippen LogP contribution in [0.4, 0.5) is 0 Å². The Morgan fingerprint density at radius 2 is 2.06 bits per heavy atom. The highest BCUT2D eigenvalue weighted by Crippen LogP contribution is 2.30. The van der Waals surface area contributed by atoms with Crippen LogP contribution >= 0.6 is 12.6 Å². The number of hydrogen-bond donors (Lipinski definition) is 6. The second-order valence-electron chi connectivity index (χ2n) is 3.66. The Kier molecular flexibility index (Phi) is 4.16. The molecule has 0 aromatic carbocycles. The molecule has 1 aliphatic heterocycles. The van der Waals surface area contributed by atoms with E-state index in [1.165, 1.54) is 6.92 Å². The van der Waals surface area contributed by atoms with Crippen molar-refractivity contribution in [2.24, 2.45) is 0 Å². The first kappa shape index (κ1) is 13.7. The number of carbonyl (C=O) groups is 1. The summed E-state index contributed by atoms with van der Waals surface area (Å²) in [4.78, 5) is 10.8. The van der Waals surface area contributed by atoms with Crippen molar-refractivity contribution in [3.63, 3.8) is 0 Å². The molecule has 0 bridgehead atoms. The molecule has 5 atom stereocenters. The van der Waals surface area contributed by atoms with Gasteiger partial charge in [0.1, 0.15) is 24.4 Å². The van der Waals surface area contributed by atoms with Gasteiger partial charge < -0.3 is 30.5 Å². The standard InChI is InChI=1S/C8H15NO6S/c1-3(11)9-7-6(13)5(12)4(2-10)15-8(7,14)16/h4-7,10,12-14,16H,2H2,1H3,(H,9,11)/t4-,5-,6+,7-,8?/m1/s1. The molecule has 5 N–H and O–H groups in total. The maximum absolute atomic E-state index is 10.8. The molecule has 1 unspecified atom stereocenters. The van der Waals surface area contributed by atoms with E-state index in [1.807, 2.05) is 0 Å². The molecule has 94 valence electrons. The van der Waals surface area contributed by atoms with E-state index < -0.39 is 42.0 Å². The molecule has 8 heteroatoms. The van der Waals surface area contributed by atoms with E-state index >= 15 is 0 Å². The zero-order valence-corrected chi connectivity index (χ0v) is 9.46. The average Bonchev–Trinajstić information content (AvgIpc) is 2.18. The maximum Gasteiger partial charge on any atom is 0.237 e. The average molecular weight is 253 g/mol. The highest BCUT2D eigenvalue weighted by molar-refractivity contribution is 7.81. The lowest BCUT2D eigenvalue weighted by molar-refractivity contribution is -0.271. The van der Waals surface area contributed by atoms with Gasteiger partial charge in [-0.1, -0.05) is 0 Å². The number of aliphatic hydroxyl groups is 4. The van der Waals surface area contributed by atoms with Crippen molar-refractivity contribution in [1.82, 2.24) is 5.32 Å². The molecule has 1 amide bonds. The number of thiol groups is 1. The van der Waals surface area contributed by atoms with Gasteiger partial charge >= 0.3 is 0 Å². The van der Waals surface area contributed by atoms with E-state index in [0.29, 0.717) is 0 Å². The highest BCUT2D eigenvalue weighted by Gasteiger charge is 2.51. The summed E-state index contributed by atoms with van der Waals surface area (Å²) < 4.78 is 4.86. The zero-order valence-electron chi connectivity index (χ0n) is 8.57. The summed E-state index contributed by atoms with van der Waals surface area (Å²) in [5.41, 5.74) is 0. The lowest BCUT2D eigenvalue weighted by Crippen LogP contribution is -2.68. The first-order chi connectivity index (χ1) is 7.29. The van der Waals surface area contributed by atoms with Crippen molar-refractivity contribution < 1.29 is 30.0 Å². The van der Waals surface area contributed by atoms with Gasteiger partial charge in [0.25, 0.3) is 0 Å². The number of nitrogens with one attached hydrogen (secondary N) is 1. The third-order valence-electron chi connectivity index (χ3n) is 2.34. The second kappa shape index (κ2) is 4.86. The van der Waals surface area contributed by atoms with Gasteiger partial charge in [-0.25, -0.2) is 0 Å². The molecule has 1 rings (SSSR count). The van der Waals surface area contributed by atoms with Crippen LogP contribution in [-0.2, 0) is 9.53 Å². The van der Waals surface area contributed by atoms with Crippen molar-refractivity contribution in [3.8, 4) is 0 Å². The third-order valence-corrected chi connectivity index (χ3v) is 2.72. The Labute approximate surface area is 97.4 Å². The van der Waals surface area contributed by atoms with Crippen LogP contribution in [0.1, 0.15) is 6.92 Å². The number of rotatable bonds is 2. The molecule has 1 heterocycles. The maximum atomic E-state index is 10.8. The number of amides is 1. The molecule has 1 aliphatic rings. The Morgan fingerprint density at radius 1 is 1.50 bits per heavy atom. The SMILES string of the molecule is CC(=O)N[C@@H]1[C@@H](O)[C@H](O)[C@@H](CO)OC1(O)S. The van der Waals surface area contributed by atoms with Gasteiger partial charge in [0.2, 0.25) is 11.0 Å². The smallest absolute Gasteiger partial charge is 0.237 e. The van der Waals surface area contributed by atoms with E-state index in [4.69, 9.17) is 9.84 Å². The van der Waals surface area contributed by atoms with E-state index in [0.717, 1.165) is 0 Å². The molecule has 7 nitrogen and oxygen atoms in total. The van der Waals surface area contributed by atoms with E-state index in [-0.39, 0.29) is 0 Å². The molecule has 1 fully saturated rings. The molecule has 0 radical (unpaired) electrons. The van der Waals surface area contributed by atoms with Crippen LogP contribution in [-0.4, -0.2) is 62.4 Å². The largest absolute Gasteiger partial charge is 0.394 e. The van der Waals surface area contributed by atoms with E-state index in [1.54, 1.807) is 0 Å². The monoisotopic (exact) mass is 253 g/mol. The molecular formula is C8H15NO6S. The van der Waals surface area contributed by atoms with E-state index in [9.17, 15) is 20.1 Å². The van der Waals surface area contributed by atoms with Crippen molar-refractivity contribution in [3.05, 3.63) is 0 Å². The number of carbonyl (C=O) groups excluding carboxylic acids is 1. The minimum Gasteiger partial charge on any atom is -0.394 e. The first-order valence-electron chi connectivity index (χ1n) is 4.66. The Morgan fingerprint density at radius 3 is 2.50 bits per heavy atom. The molecule has 0 spiro atoms. The topological polar surface area (TPSA) is 119 Å². The Bertz CT molecular complexity index is 273. The van der Waals surface area contributed by atoms with Crippen LogP contribution in [0, 0.1) is 0 Å². The van der Waals surface area contributed by atoms with Gasteiger partial charge in [-0.3, -0.25) is 4.79 Å². The predicted molar refractivity (Wildman–Crippen MR) is 55.5 cm³/mol. The molecule has 1 saturated heterocycles. The summed E-state index contributed by atoms with van der Waals surface area (Å²) in [6.07, 6.45) is -4.07. The number of aliphatic hydroxyl groups excluding tert-OH is 3. The van der Waals surface area contributed by atoms with Gasteiger partial charge in [-0.15, -0.1) is 12.6 Å². The fraction of sp³-hybridized carbons (Fsp3) is 0.875. The lowest BCUT2D eigenvalue weighted by atomic mass is 9.97. The Balaban J connectivity index is 2.87. The first-order valence-corrected chi connectivity index (χ1v) is 5.11. The minimum absolute atomic E-state index is 0.519. The minimum atomic E-state index is -2.16.